The van der Waals surface area contributed by atoms with E-state index in [4.69, 9.17) is 0 Å². The van der Waals surface area contributed by atoms with Crippen molar-refractivity contribution < 1.29 is 9.72 Å². The summed E-state index contributed by atoms with van der Waals surface area (Å²) in [5.41, 5.74) is 0.888. The molecule has 1 aromatic carbocycles. The topological polar surface area (TPSA) is 87.8 Å². The lowest BCUT2D eigenvalue weighted by atomic mass is 10.2. The van der Waals surface area contributed by atoms with Crippen molar-refractivity contribution in [1.82, 2.24) is 10.2 Å². The summed E-state index contributed by atoms with van der Waals surface area (Å²) in [6.07, 6.45) is 4.49. The first-order chi connectivity index (χ1) is 11.0. The highest BCUT2D eigenvalue weighted by Gasteiger charge is 2.06. The number of nitrogens with one attached hydrogen (secondary N) is 1. The number of rotatable bonds is 9. The second-order valence-corrected chi connectivity index (χ2v) is 5.24. The number of amides is 2. The molecule has 0 spiro atoms. The molecule has 2 amide bonds. The van der Waals surface area contributed by atoms with E-state index in [9.17, 15) is 14.9 Å². The minimum atomic E-state index is -0.428. The van der Waals surface area contributed by atoms with Gasteiger partial charge in [0, 0.05) is 45.0 Å². The SMILES string of the molecule is CCCCNC(=O)N(C)CCCN=Cc1ccc([N+](=O)[O-])cc1. The van der Waals surface area contributed by atoms with Crippen LogP contribution in [0.2, 0.25) is 0 Å². The standard InChI is InChI=1S/C16H24N4O3/c1-3-4-11-18-16(21)19(2)12-5-10-17-13-14-6-8-15(9-7-14)20(22)23/h6-9,13H,3-5,10-12H2,1-2H3,(H,18,21). The number of hydrogen-bond donors (Lipinski definition) is 1. The molecule has 0 heterocycles. The number of nitro groups is 1. The Labute approximate surface area is 136 Å². The van der Waals surface area contributed by atoms with Crippen LogP contribution in [0.3, 0.4) is 0 Å². The molecule has 1 aromatic rings. The van der Waals surface area contributed by atoms with Crippen molar-refractivity contribution in [1.29, 1.82) is 0 Å². The van der Waals surface area contributed by atoms with E-state index in [0.717, 1.165) is 24.8 Å². The fourth-order valence-electron chi connectivity index (χ4n) is 1.86. The summed E-state index contributed by atoms with van der Waals surface area (Å²) < 4.78 is 0. The number of urea groups is 1. The number of carbonyl (C=O) groups excluding carboxylic acids is 1. The fraction of sp³-hybridized carbons (Fsp3) is 0.500. The molecule has 126 valence electrons. The highest BCUT2D eigenvalue weighted by Crippen LogP contribution is 2.10. The molecular formula is C16H24N4O3. The maximum atomic E-state index is 11.7. The zero-order chi connectivity index (χ0) is 17.1. The fourth-order valence-corrected chi connectivity index (χ4v) is 1.86. The molecule has 0 saturated carbocycles. The molecular weight excluding hydrogens is 296 g/mol. The van der Waals surface area contributed by atoms with Gasteiger partial charge < -0.3 is 10.2 Å². The average molecular weight is 320 g/mol. The Balaban J connectivity index is 2.25. The van der Waals surface area contributed by atoms with Gasteiger partial charge in [0.15, 0.2) is 0 Å². The minimum absolute atomic E-state index is 0.0576. The van der Waals surface area contributed by atoms with Crippen molar-refractivity contribution in [2.75, 3.05) is 26.7 Å². The van der Waals surface area contributed by atoms with Crippen LogP contribution in [0.5, 0.6) is 0 Å². The lowest BCUT2D eigenvalue weighted by Crippen LogP contribution is -2.38. The van der Waals surface area contributed by atoms with Gasteiger partial charge in [0.2, 0.25) is 0 Å². The number of non-ortho nitro benzene ring substituents is 1. The van der Waals surface area contributed by atoms with Crippen LogP contribution in [0.1, 0.15) is 31.7 Å². The molecule has 0 atom stereocenters. The van der Waals surface area contributed by atoms with Crippen LogP contribution >= 0.6 is 0 Å². The van der Waals surface area contributed by atoms with E-state index in [2.05, 4.69) is 17.2 Å². The Morgan fingerprint density at radius 1 is 1.35 bits per heavy atom. The van der Waals surface area contributed by atoms with Crippen molar-refractivity contribution in [3.63, 3.8) is 0 Å². The van der Waals surface area contributed by atoms with Gasteiger partial charge in [0.1, 0.15) is 0 Å². The summed E-state index contributed by atoms with van der Waals surface area (Å²) in [5.74, 6) is 0. The Morgan fingerprint density at radius 3 is 2.65 bits per heavy atom. The molecule has 0 saturated heterocycles. The van der Waals surface area contributed by atoms with Crippen molar-refractivity contribution in [2.45, 2.75) is 26.2 Å². The second-order valence-electron chi connectivity index (χ2n) is 5.24. The maximum Gasteiger partial charge on any atom is 0.317 e. The molecule has 7 nitrogen and oxygen atoms in total. The third-order valence-corrected chi connectivity index (χ3v) is 3.28. The van der Waals surface area contributed by atoms with Gasteiger partial charge in [-0.15, -0.1) is 0 Å². The predicted molar refractivity (Wildman–Crippen MR) is 91.1 cm³/mol. The van der Waals surface area contributed by atoms with Gasteiger partial charge in [0.25, 0.3) is 5.69 Å². The molecule has 1 N–H and O–H groups in total. The van der Waals surface area contributed by atoms with Crippen LogP contribution in [0.4, 0.5) is 10.5 Å². The first-order valence-corrected chi connectivity index (χ1v) is 7.78. The number of aliphatic imine (C=N–C) groups is 1. The summed E-state index contributed by atoms with van der Waals surface area (Å²) in [5, 5.41) is 13.4. The maximum absolute atomic E-state index is 11.7. The Kier molecular flexibility index (Phi) is 8.34. The molecule has 0 bridgehead atoms. The van der Waals surface area contributed by atoms with Gasteiger partial charge in [-0.1, -0.05) is 13.3 Å². The molecule has 0 unspecified atom stereocenters. The number of unbranched alkanes of at least 4 members (excludes halogenated alkanes) is 1. The minimum Gasteiger partial charge on any atom is -0.338 e. The van der Waals surface area contributed by atoms with E-state index in [1.54, 1.807) is 30.3 Å². The monoisotopic (exact) mass is 320 g/mol. The molecule has 0 aliphatic rings. The lowest BCUT2D eigenvalue weighted by molar-refractivity contribution is -0.384. The quantitative estimate of drug-likeness (QED) is 0.328. The second kappa shape index (κ2) is 10.3. The van der Waals surface area contributed by atoms with Crippen molar-refractivity contribution in [3.05, 3.63) is 39.9 Å². The van der Waals surface area contributed by atoms with Crippen LogP contribution in [-0.4, -0.2) is 48.8 Å². The zero-order valence-corrected chi connectivity index (χ0v) is 13.7. The lowest BCUT2D eigenvalue weighted by Gasteiger charge is -2.17. The summed E-state index contributed by atoms with van der Waals surface area (Å²) in [7, 11) is 1.77. The normalized spacial score (nSPS) is 10.7. The number of nitro benzene ring substituents is 1. The molecule has 1 rings (SSSR count). The summed E-state index contributed by atoms with van der Waals surface area (Å²) in [6.45, 7) is 4.02. The van der Waals surface area contributed by atoms with Crippen LogP contribution in [0.15, 0.2) is 29.3 Å². The largest absolute Gasteiger partial charge is 0.338 e. The molecule has 0 aliphatic carbocycles. The van der Waals surface area contributed by atoms with Crippen molar-refractivity contribution >= 4 is 17.9 Å². The van der Waals surface area contributed by atoms with Gasteiger partial charge in [0.05, 0.1) is 4.92 Å². The van der Waals surface area contributed by atoms with Crippen LogP contribution in [0.25, 0.3) is 0 Å². The van der Waals surface area contributed by atoms with E-state index in [1.165, 1.54) is 12.1 Å². The first kappa shape index (κ1) is 18.6. The third-order valence-electron chi connectivity index (χ3n) is 3.28. The van der Waals surface area contributed by atoms with E-state index in [-0.39, 0.29) is 11.7 Å². The highest BCUT2D eigenvalue weighted by atomic mass is 16.6. The molecule has 0 aromatic heterocycles. The number of carbonyl (C=O) groups is 1. The number of benzene rings is 1. The van der Waals surface area contributed by atoms with Crippen LogP contribution in [0, 0.1) is 10.1 Å². The predicted octanol–water partition coefficient (Wildman–Crippen LogP) is 2.85. The summed E-state index contributed by atoms with van der Waals surface area (Å²) >= 11 is 0. The third kappa shape index (κ3) is 7.39. The summed E-state index contributed by atoms with van der Waals surface area (Å²) in [4.78, 5) is 27.8. The van der Waals surface area contributed by atoms with Gasteiger partial charge in [-0.25, -0.2) is 4.79 Å². The van der Waals surface area contributed by atoms with Gasteiger partial charge >= 0.3 is 6.03 Å². The smallest absolute Gasteiger partial charge is 0.317 e. The van der Waals surface area contributed by atoms with Crippen molar-refractivity contribution in [2.24, 2.45) is 4.99 Å². The van der Waals surface area contributed by atoms with Crippen molar-refractivity contribution in [3.8, 4) is 0 Å². The molecule has 0 aliphatic heterocycles. The number of hydrogen-bond acceptors (Lipinski definition) is 4. The van der Waals surface area contributed by atoms with E-state index >= 15 is 0 Å². The van der Waals surface area contributed by atoms with Gasteiger partial charge in [-0.3, -0.25) is 15.1 Å². The summed E-state index contributed by atoms with van der Waals surface area (Å²) in [6, 6.07) is 6.17. The molecule has 7 heteroatoms. The van der Waals surface area contributed by atoms with E-state index in [0.29, 0.717) is 19.6 Å². The van der Waals surface area contributed by atoms with E-state index < -0.39 is 4.92 Å². The van der Waals surface area contributed by atoms with E-state index in [1.807, 2.05) is 0 Å². The Bertz CT molecular complexity index is 529. The Hall–Kier alpha value is -2.44. The highest BCUT2D eigenvalue weighted by molar-refractivity contribution is 5.79. The van der Waals surface area contributed by atoms with Crippen LogP contribution < -0.4 is 5.32 Å². The average Bonchev–Trinajstić information content (AvgIpc) is 2.54. The van der Waals surface area contributed by atoms with Crippen LogP contribution in [-0.2, 0) is 0 Å². The van der Waals surface area contributed by atoms with Gasteiger partial charge in [-0.2, -0.15) is 0 Å². The number of nitrogens with zero attached hydrogens (tertiary/aromatic N) is 3. The molecule has 0 radical (unpaired) electrons. The zero-order valence-electron chi connectivity index (χ0n) is 13.7. The Morgan fingerprint density at radius 2 is 2.04 bits per heavy atom. The molecule has 0 fully saturated rings. The molecule has 23 heavy (non-hydrogen) atoms. The van der Waals surface area contributed by atoms with Gasteiger partial charge in [-0.05, 0) is 30.5 Å². The first-order valence-electron chi connectivity index (χ1n) is 7.78.